The number of carboxylic acid groups (broad SMARTS) is 1. The Morgan fingerprint density at radius 2 is 1.95 bits per heavy atom. The van der Waals surface area contributed by atoms with Gasteiger partial charge < -0.3 is 10.0 Å². The molecule has 1 saturated carbocycles. The predicted octanol–water partition coefficient (Wildman–Crippen LogP) is 2.77. The van der Waals surface area contributed by atoms with Crippen LogP contribution in [-0.4, -0.2) is 35.0 Å². The monoisotopic (exact) mass is 307 g/mol. The van der Waals surface area contributed by atoms with Crippen molar-refractivity contribution >= 4 is 23.5 Å². The minimum Gasteiger partial charge on any atom is -0.481 e. The largest absolute Gasteiger partial charge is 0.481 e. The molecule has 112 valence electrons. The van der Waals surface area contributed by atoms with Crippen LogP contribution in [0.1, 0.15) is 30.7 Å². The normalized spacial score (nSPS) is 25.7. The molecule has 1 aliphatic carbocycles. The van der Waals surface area contributed by atoms with E-state index in [9.17, 15) is 9.59 Å². The van der Waals surface area contributed by atoms with Gasteiger partial charge in [0.1, 0.15) is 0 Å². The number of nitrogens with zero attached hydrogens (tertiary/aromatic N) is 1. The van der Waals surface area contributed by atoms with E-state index in [4.69, 9.17) is 16.7 Å². The third-order valence-corrected chi connectivity index (χ3v) is 4.78. The second-order valence-corrected chi connectivity index (χ2v) is 6.38. The quantitative estimate of drug-likeness (QED) is 0.934. The number of rotatable bonds is 3. The summed E-state index contributed by atoms with van der Waals surface area (Å²) in [5, 5.41) is 9.69. The molecule has 1 heterocycles. The lowest BCUT2D eigenvalue weighted by Crippen LogP contribution is -2.41. The maximum atomic E-state index is 12.5. The number of aliphatic carboxylic acids is 1. The first kappa shape index (κ1) is 14.4. The third-order valence-electron chi connectivity index (χ3n) is 4.54. The molecule has 21 heavy (non-hydrogen) atoms. The van der Waals surface area contributed by atoms with E-state index in [-0.39, 0.29) is 23.7 Å². The standard InChI is InChI=1S/C16H18ClNO3/c17-12-3-1-2-11(8-12)13-9-14(13)15(19)18-6-4-10(5-7-18)16(20)21/h1-3,8,10,13-14H,4-7,9H2,(H,20,21)/t13-,14-/m0/s1. The third kappa shape index (κ3) is 3.05. The predicted molar refractivity (Wildman–Crippen MR) is 79.2 cm³/mol. The van der Waals surface area contributed by atoms with E-state index in [0.29, 0.717) is 31.0 Å². The van der Waals surface area contributed by atoms with Crippen molar-refractivity contribution < 1.29 is 14.7 Å². The summed E-state index contributed by atoms with van der Waals surface area (Å²) in [5.41, 5.74) is 1.13. The van der Waals surface area contributed by atoms with E-state index in [1.54, 1.807) is 0 Å². The van der Waals surface area contributed by atoms with E-state index in [2.05, 4.69) is 0 Å². The summed E-state index contributed by atoms with van der Waals surface area (Å²) in [6.45, 7) is 1.13. The number of halogens is 1. The highest BCUT2D eigenvalue weighted by molar-refractivity contribution is 6.30. The van der Waals surface area contributed by atoms with Crippen molar-refractivity contribution in [2.75, 3.05) is 13.1 Å². The van der Waals surface area contributed by atoms with Crippen LogP contribution < -0.4 is 0 Å². The van der Waals surface area contributed by atoms with Crippen LogP contribution in [0.4, 0.5) is 0 Å². The SMILES string of the molecule is O=C(O)C1CCN(C(=O)[C@H]2C[C@H]2c2cccc(Cl)c2)CC1. The molecule has 1 aliphatic heterocycles. The molecule has 0 unspecified atom stereocenters. The second-order valence-electron chi connectivity index (χ2n) is 5.94. The van der Waals surface area contributed by atoms with Crippen molar-refractivity contribution in [2.24, 2.45) is 11.8 Å². The molecule has 1 aromatic rings. The Kier molecular flexibility index (Phi) is 3.89. The fourth-order valence-electron chi connectivity index (χ4n) is 3.15. The zero-order valence-corrected chi connectivity index (χ0v) is 12.4. The molecule has 0 aromatic heterocycles. The first-order chi connectivity index (χ1) is 10.1. The van der Waals surface area contributed by atoms with Gasteiger partial charge >= 0.3 is 5.97 Å². The van der Waals surface area contributed by atoms with E-state index in [1.165, 1.54) is 0 Å². The second kappa shape index (κ2) is 5.68. The highest BCUT2D eigenvalue weighted by Crippen LogP contribution is 2.49. The first-order valence-corrected chi connectivity index (χ1v) is 7.71. The van der Waals surface area contributed by atoms with Crippen molar-refractivity contribution in [3.05, 3.63) is 34.9 Å². The molecule has 1 aromatic carbocycles. The Morgan fingerprint density at radius 3 is 2.57 bits per heavy atom. The number of likely N-dealkylation sites (tertiary alicyclic amines) is 1. The number of benzene rings is 1. The van der Waals surface area contributed by atoms with Crippen molar-refractivity contribution in [1.29, 1.82) is 0 Å². The lowest BCUT2D eigenvalue weighted by molar-refractivity contribution is -0.146. The van der Waals surface area contributed by atoms with Crippen molar-refractivity contribution in [1.82, 2.24) is 4.90 Å². The molecule has 4 nitrogen and oxygen atoms in total. The fraction of sp³-hybridized carbons (Fsp3) is 0.500. The zero-order chi connectivity index (χ0) is 15.0. The van der Waals surface area contributed by atoms with Crippen molar-refractivity contribution in [3.8, 4) is 0 Å². The van der Waals surface area contributed by atoms with Gasteiger partial charge in [-0.1, -0.05) is 23.7 Å². The first-order valence-electron chi connectivity index (χ1n) is 7.33. The number of carbonyl (C=O) groups is 2. The summed E-state index contributed by atoms with van der Waals surface area (Å²) in [6.07, 6.45) is 2.00. The zero-order valence-electron chi connectivity index (χ0n) is 11.7. The van der Waals surface area contributed by atoms with Crippen LogP contribution in [0.15, 0.2) is 24.3 Å². The Morgan fingerprint density at radius 1 is 1.24 bits per heavy atom. The van der Waals surface area contributed by atoms with Gasteiger partial charge in [-0.2, -0.15) is 0 Å². The van der Waals surface area contributed by atoms with Gasteiger partial charge in [-0.15, -0.1) is 0 Å². The molecule has 1 amide bonds. The molecule has 0 radical (unpaired) electrons. The number of piperidine rings is 1. The average molecular weight is 308 g/mol. The van der Waals surface area contributed by atoms with E-state index in [0.717, 1.165) is 12.0 Å². The van der Waals surface area contributed by atoms with E-state index in [1.807, 2.05) is 29.2 Å². The van der Waals surface area contributed by atoms with Crippen LogP contribution in [0.3, 0.4) is 0 Å². The Bertz CT molecular complexity index is 566. The number of hydrogen-bond donors (Lipinski definition) is 1. The Labute approximate surface area is 128 Å². The lowest BCUT2D eigenvalue weighted by atomic mass is 9.96. The number of hydrogen-bond acceptors (Lipinski definition) is 2. The van der Waals surface area contributed by atoms with Gasteiger partial charge in [-0.3, -0.25) is 9.59 Å². The lowest BCUT2D eigenvalue weighted by Gasteiger charge is -2.30. The summed E-state index contributed by atoms with van der Waals surface area (Å²) in [4.78, 5) is 25.2. The number of carbonyl (C=O) groups excluding carboxylic acids is 1. The minimum absolute atomic E-state index is 0.0462. The topological polar surface area (TPSA) is 57.6 Å². The summed E-state index contributed by atoms with van der Waals surface area (Å²) in [7, 11) is 0. The van der Waals surface area contributed by atoms with Gasteiger partial charge in [0, 0.05) is 24.0 Å². The van der Waals surface area contributed by atoms with Crippen LogP contribution in [0, 0.1) is 11.8 Å². The number of amides is 1. The van der Waals surface area contributed by atoms with Crippen molar-refractivity contribution in [2.45, 2.75) is 25.2 Å². The Balaban J connectivity index is 1.57. The van der Waals surface area contributed by atoms with Crippen LogP contribution >= 0.6 is 11.6 Å². The molecule has 3 rings (SSSR count). The molecule has 0 bridgehead atoms. The fourth-order valence-corrected chi connectivity index (χ4v) is 3.35. The molecular formula is C16H18ClNO3. The van der Waals surface area contributed by atoms with E-state index >= 15 is 0 Å². The molecular weight excluding hydrogens is 290 g/mol. The van der Waals surface area contributed by atoms with E-state index < -0.39 is 5.97 Å². The summed E-state index contributed by atoms with van der Waals surface area (Å²) >= 11 is 5.99. The highest BCUT2D eigenvalue weighted by atomic mass is 35.5. The summed E-state index contributed by atoms with van der Waals surface area (Å²) < 4.78 is 0. The molecule has 2 aliphatic rings. The minimum atomic E-state index is -0.745. The van der Waals surface area contributed by atoms with Gasteiger partial charge in [0.2, 0.25) is 5.91 Å². The molecule has 0 spiro atoms. The van der Waals surface area contributed by atoms with Crippen LogP contribution in [0.5, 0.6) is 0 Å². The summed E-state index contributed by atoms with van der Waals surface area (Å²) in [5.74, 6) is -0.552. The Hall–Kier alpha value is -1.55. The maximum absolute atomic E-state index is 12.5. The van der Waals surface area contributed by atoms with Gasteiger partial charge in [0.05, 0.1) is 5.92 Å². The van der Waals surface area contributed by atoms with Crippen LogP contribution in [-0.2, 0) is 9.59 Å². The van der Waals surface area contributed by atoms with Gasteiger partial charge in [-0.05, 0) is 42.9 Å². The van der Waals surface area contributed by atoms with Gasteiger partial charge in [0.15, 0.2) is 0 Å². The molecule has 2 fully saturated rings. The number of carboxylic acids is 1. The average Bonchev–Trinajstić information content (AvgIpc) is 3.27. The smallest absolute Gasteiger partial charge is 0.306 e. The van der Waals surface area contributed by atoms with Crippen molar-refractivity contribution in [3.63, 3.8) is 0 Å². The van der Waals surface area contributed by atoms with Gasteiger partial charge in [-0.25, -0.2) is 0 Å². The summed E-state index contributed by atoms with van der Waals surface area (Å²) in [6, 6.07) is 7.69. The van der Waals surface area contributed by atoms with Gasteiger partial charge in [0.25, 0.3) is 0 Å². The molecule has 5 heteroatoms. The molecule has 2 atom stereocenters. The highest BCUT2D eigenvalue weighted by Gasteiger charge is 2.46. The van der Waals surface area contributed by atoms with Crippen LogP contribution in [0.2, 0.25) is 5.02 Å². The van der Waals surface area contributed by atoms with Crippen LogP contribution in [0.25, 0.3) is 0 Å². The molecule has 1 N–H and O–H groups in total. The maximum Gasteiger partial charge on any atom is 0.306 e. The molecule has 1 saturated heterocycles.